The third-order valence-corrected chi connectivity index (χ3v) is 5.04. The van der Waals surface area contributed by atoms with E-state index < -0.39 is 5.91 Å². The summed E-state index contributed by atoms with van der Waals surface area (Å²) in [6.07, 6.45) is 0. The highest BCUT2D eigenvalue weighted by atomic mass is 35.5. The van der Waals surface area contributed by atoms with Crippen LogP contribution in [0.15, 0.2) is 40.9 Å². The molecular formula is C22H23ClN4O4. The van der Waals surface area contributed by atoms with Crippen molar-refractivity contribution in [3.63, 3.8) is 0 Å². The van der Waals surface area contributed by atoms with E-state index in [4.69, 9.17) is 20.9 Å². The Balaban J connectivity index is 1.40. The number of hydrogen-bond acceptors (Lipinski definition) is 6. The molecule has 3 rings (SSSR count). The van der Waals surface area contributed by atoms with Gasteiger partial charge >= 0.3 is 11.8 Å². The van der Waals surface area contributed by atoms with E-state index in [0.29, 0.717) is 16.6 Å². The summed E-state index contributed by atoms with van der Waals surface area (Å²) in [7, 11) is 0. The molecule has 31 heavy (non-hydrogen) atoms. The first-order valence-electron chi connectivity index (χ1n) is 9.68. The maximum atomic E-state index is 12.1. The molecule has 2 N–H and O–H groups in total. The van der Waals surface area contributed by atoms with Crippen molar-refractivity contribution in [1.82, 2.24) is 20.8 Å². The van der Waals surface area contributed by atoms with Crippen LogP contribution in [0.25, 0.3) is 11.4 Å². The van der Waals surface area contributed by atoms with Crippen LogP contribution < -0.4 is 15.4 Å². The van der Waals surface area contributed by atoms with E-state index in [2.05, 4.69) is 20.8 Å². The van der Waals surface area contributed by atoms with E-state index in [0.717, 1.165) is 22.3 Å². The number of benzene rings is 2. The molecule has 162 valence electrons. The molecule has 0 unspecified atom stereocenters. The van der Waals surface area contributed by atoms with Gasteiger partial charge < -0.3 is 19.9 Å². The summed E-state index contributed by atoms with van der Waals surface area (Å²) in [5.41, 5.74) is 3.63. The van der Waals surface area contributed by atoms with Crippen LogP contribution in [0.3, 0.4) is 0 Å². The molecule has 1 heterocycles. The molecule has 0 saturated carbocycles. The first kappa shape index (κ1) is 22.3. The third kappa shape index (κ3) is 6.05. The Morgan fingerprint density at radius 1 is 1.03 bits per heavy atom. The number of aryl methyl sites for hydroxylation is 3. The zero-order valence-corrected chi connectivity index (χ0v) is 18.2. The lowest BCUT2D eigenvalue weighted by Crippen LogP contribution is -2.36. The summed E-state index contributed by atoms with van der Waals surface area (Å²) < 4.78 is 10.5. The number of rotatable bonds is 8. The number of carbonyl (C=O) groups excluding carboxylic acids is 2. The van der Waals surface area contributed by atoms with Gasteiger partial charge in [-0.3, -0.25) is 9.59 Å². The van der Waals surface area contributed by atoms with Gasteiger partial charge in [0.15, 0.2) is 6.61 Å². The molecule has 2 amide bonds. The van der Waals surface area contributed by atoms with Crippen molar-refractivity contribution in [2.45, 2.75) is 20.8 Å². The number of ether oxygens (including phenoxy) is 1. The van der Waals surface area contributed by atoms with Crippen molar-refractivity contribution in [2.75, 3.05) is 19.7 Å². The number of nitrogens with one attached hydrogen (secondary N) is 2. The van der Waals surface area contributed by atoms with E-state index in [1.165, 1.54) is 0 Å². The highest BCUT2D eigenvalue weighted by Gasteiger charge is 2.15. The average molecular weight is 443 g/mol. The van der Waals surface area contributed by atoms with Crippen LogP contribution in [-0.2, 0) is 4.79 Å². The first-order chi connectivity index (χ1) is 14.8. The van der Waals surface area contributed by atoms with Gasteiger partial charge in [0.25, 0.3) is 5.91 Å². The van der Waals surface area contributed by atoms with Crippen LogP contribution in [0, 0.1) is 20.8 Å². The fourth-order valence-corrected chi connectivity index (χ4v) is 2.89. The van der Waals surface area contributed by atoms with Crippen LogP contribution in [-0.4, -0.2) is 41.7 Å². The molecule has 2 aromatic carbocycles. The Labute approximate surface area is 184 Å². The maximum absolute atomic E-state index is 12.1. The summed E-state index contributed by atoms with van der Waals surface area (Å²) in [6, 6.07) is 11.1. The van der Waals surface area contributed by atoms with Gasteiger partial charge in [-0.05, 0) is 44.0 Å². The van der Waals surface area contributed by atoms with Gasteiger partial charge in [-0.15, -0.1) is 0 Å². The minimum atomic E-state index is -0.511. The minimum Gasteiger partial charge on any atom is -0.484 e. The van der Waals surface area contributed by atoms with Crippen LogP contribution >= 0.6 is 11.6 Å². The van der Waals surface area contributed by atoms with Gasteiger partial charge in [-0.2, -0.15) is 4.98 Å². The van der Waals surface area contributed by atoms with E-state index in [1.807, 2.05) is 45.0 Å². The molecule has 0 aliphatic carbocycles. The highest BCUT2D eigenvalue weighted by Crippen LogP contribution is 2.25. The normalized spacial score (nSPS) is 10.6. The Bertz CT molecular complexity index is 1060. The quantitative estimate of drug-likeness (QED) is 0.519. The van der Waals surface area contributed by atoms with Gasteiger partial charge in [0.1, 0.15) is 5.75 Å². The summed E-state index contributed by atoms with van der Waals surface area (Å²) in [5.74, 6) is -0.0481. The minimum absolute atomic E-state index is 0.140. The fraction of sp³-hybridized carbons (Fsp3) is 0.273. The molecule has 1 aromatic heterocycles. The zero-order valence-electron chi connectivity index (χ0n) is 17.5. The van der Waals surface area contributed by atoms with Crippen molar-refractivity contribution < 1.29 is 18.8 Å². The lowest BCUT2D eigenvalue weighted by molar-refractivity contribution is -0.123. The average Bonchev–Trinajstić information content (AvgIpc) is 3.24. The Hall–Kier alpha value is -3.39. The second-order valence-corrected chi connectivity index (χ2v) is 7.43. The SMILES string of the molecule is Cc1ccc(-c2noc(C(=O)NCCNC(=O)COc3cc(C)c(Cl)c(C)c3)n2)cc1. The number of amides is 2. The van der Waals surface area contributed by atoms with Crippen LogP contribution in [0.4, 0.5) is 0 Å². The zero-order chi connectivity index (χ0) is 22.4. The van der Waals surface area contributed by atoms with Crippen LogP contribution in [0.5, 0.6) is 5.75 Å². The lowest BCUT2D eigenvalue weighted by Gasteiger charge is -2.10. The standard InChI is InChI=1S/C22H23ClN4O4/c1-13-4-6-16(7-5-13)20-26-22(31-27-20)21(29)25-9-8-24-18(28)12-30-17-10-14(2)19(23)15(3)11-17/h4-7,10-11H,8-9,12H2,1-3H3,(H,24,28)(H,25,29). The summed E-state index contributed by atoms with van der Waals surface area (Å²) in [5, 5.41) is 9.79. The number of aromatic nitrogens is 2. The van der Waals surface area contributed by atoms with Crippen molar-refractivity contribution in [1.29, 1.82) is 0 Å². The van der Waals surface area contributed by atoms with Crippen LogP contribution in [0.2, 0.25) is 5.02 Å². The molecule has 0 fully saturated rings. The van der Waals surface area contributed by atoms with Crippen LogP contribution in [0.1, 0.15) is 27.4 Å². The second kappa shape index (κ2) is 10.1. The molecule has 0 radical (unpaired) electrons. The van der Waals surface area contributed by atoms with E-state index in [-0.39, 0.29) is 31.5 Å². The molecule has 9 heteroatoms. The number of carbonyl (C=O) groups is 2. The molecule has 3 aromatic rings. The van der Waals surface area contributed by atoms with Gasteiger partial charge in [0, 0.05) is 23.7 Å². The molecule has 0 aliphatic rings. The first-order valence-corrected chi connectivity index (χ1v) is 10.1. The molecule has 0 saturated heterocycles. The monoisotopic (exact) mass is 442 g/mol. The molecule has 0 atom stereocenters. The van der Waals surface area contributed by atoms with Crippen molar-refractivity contribution >= 4 is 23.4 Å². The smallest absolute Gasteiger partial charge is 0.316 e. The summed E-state index contributed by atoms with van der Waals surface area (Å²) in [6.45, 7) is 6.01. The molecule has 8 nitrogen and oxygen atoms in total. The summed E-state index contributed by atoms with van der Waals surface area (Å²) >= 11 is 6.12. The third-order valence-electron chi connectivity index (χ3n) is 4.44. The van der Waals surface area contributed by atoms with Gasteiger partial charge in [-0.25, -0.2) is 0 Å². The second-order valence-electron chi connectivity index (χ2n) is 7.05. The molecule has 0 bridgehead atoms. The van der Waals surface area contributed by atoms with Gasteiger partial charge in [0.05, 0.1) is 0 Å². The van der Waals surface area contributed by atoms with E-state index in [9.17, 15) is 9.59 Å². The Kier molecular flexibility index (Phi) is 7.25. The Morgan fingerprint density at radius 2 is 1.68 bits per heavy atom. The molecular weight excluding hydrogens is 420 g/mol. The summed E-state index contributed by atoms with van der Waals surface area (Å²) in [4.78, 5) is 28.2. The van der Waals surface area contributed by atoms with Crippen molar-refractivity contribution in [3.8, 4) is 17.1 Å². The number of hydrogen-bond donors (Lipinski definition) is 2. The van der Waals surface area contributed by atoms with Crippen molar-refractivity contribution in [2.24, 2.45) is 0 Å². The van der Waals surface area contributed by atoms with E-state index >= 15 is 0 Å². The number of nitrogens with zero attached hydrogens (tertiary/aromatic N) is 2. The van der Waals surface area contributed by atoms with Gasteiger partial charge in [0.2, 0.25) is 5.82 Å². The highest BCUT2D eigenvalue weighted by molar-refractivity contribution is 6.32. The molecule has 0 spiro atoms. The topological polar surface area (TPSA) is 106 Å². The maximum Gasteiger partial charge on any atom is 0.316 e. The molecule has 0 aliphatic heterocycles. The number of halogens is 1. The fourth-order valence-electron chi connectivity index (χ4n) is 2.78. The lowest BCUT2D eigenvalue weighted by atomic mass is 10.1. The largest absolute Gasteiger partial charge is 0.484 e. The Morgan fingerprint density at radius 3 is 2.35 bits per heavy atom. The predicted molar refractivity (Wildman–Crippen MR) is 116 cm³/mol. The predicted octanol–water partition coefficient (Wildman–Crippen LogP) is 3.24. The van der Waals surface area contributed by atoms with Crippen molar-refractivity contribution in [3.05, 3.63) is 64.0 Å². The van der Waals surface area contributed by atoms with E-state index in [1.54, 1.807) is 12.1 Å². The van der Waals surface area contributed by atoms with Gasteiger partial charge in [-0.1, -0.05) is 46.6 Å².